The summed E-state index contributed by atoms with van der Waals surface area (Å²) in [6.07, 6.45) is 0.910. The summed E-state index contributed by atoms with van der Waals surface area (Å²) in [4.78, 5) is 2.46. The van der Waals surface area contributed by atoms with Crippen LogP contribution in [0, 0.1) is 5.92 Å². The number of aliphatic hydroxyl groups is 1. The average molecular weight is 205 g/mol. The van der Waals surface area contributed by atoms with Gasteiger partial charge < -0.3 is 5.11 Å². The molecule has 0 spiro atoms. The summed E-state index contributed by atoms with van der Waals surface area (Å²) in [5.41, 5.74) is 2.93. The van der Waals surface area contributed by atoms with Crippen LogP contribution in [-0.4, -0.2) is 23.2 Å². The Morgan fingerprint density at radius 2 is 1.87 bits per heavy atom. The fraction of sp³-hybridized carbons (Fsp3) is 0.538. The van der Waals surface area contributed by atoms with Crippen LogP contribution in [0.25, 0.3) is 0 Å². The van der Waals surface area contributed by atoms with Gasteiger partial charge in [0.05, 0.1) is 0 Å². The minimum absolute atomic E-state index is 0.307. The molecule has 1 unspecified atom stereocenters. The summed E-state index contributed by atoms with van der Waals surface area (Å²) in [5.74, 6) is 0.587. The van der Waals surface area contributed by atoms with Crippen LogP contribution in [-0.2, 0) is 13.1 Å². The van der Waals surface area contributed by atoms with E-state index in [0.717, 1.165) is 26.1 Å². The van der Waals surface area contributed by atoms with Gasteiger partial charge in [-0.1, -0.05) is 31.2 Å². The lowest BCUT2D eigenvalue weighted by Crippen LogP contribution is -2.23. The summed E-state index contributed by atoms with van der Waals surface area (Å²) >= 11 is 0. The Labute approximate surface area is 91.5 Å². The fourth-order valence-electron chi connectivity index (χ4n) is 2.29. The van der Waals surface area contributed by atoms with Gasteiger partial charge >= 0.3 is 0 Å². The minimum Gasteiger partial charge on any atom is -0.396 e. The van der Waals surface area contributed by atoms with E-state index in [-0.39, 0.29) is 0 Å². The lowest BCUT2D eigenvalue weighted by Gasteiger charge is -2.19. The molecule has 1 aromatic rings. The first-order valence-electron chi connectivity index (χ1n) is 5.69. The first kappa shape index (κ1) is 10.7. The highest BCUT2D eigenvalue weighted by atomic mass is 16.3. The molecule has 1 aromatic carbocycles. The van der Waals surface area contributed by atoms with E-state index in [2.05, 4.69) is 36.1 Å². The van der Waals surface area contributed by atoms with Crippen LogP contribution in [0.15, 0.2) is 24.3 Å². The number of aliphatic hydroxyl groups excluding tert-OH is 1. The van der Waals surface area contributed by atoms with Crippen molar-refractivity contribution in [2.75, 3.05) is 13.2 Å². The van der Waals surface area contributed by atoms with E-state index in [9.17, 15) is 0 Å². The maximum atomic E-state index is 8.87. The summed E-state index contributed by atoms with van der Waals surface area (Å²) < 4.78 is 0. The summed E-state index contributed by atoms with van der Waals surface area (Å²) in [6, 6.07) is 8.65. The molecule has 0 saturated carbocycles. The molecular weight excluding hydrogens is 186 g/mol. The normalized spacial score (nSPS) is 17.7. The smallest absolute Gasteiger partial charge is 0.0434 e. The Kier molecular flexibility index (Phi) is 3.39. The van der Waals surface area contributed by atoms with Gasteiger partial charge in [0, 0.05) is 26.2 Å². The number of hydrogen-bond acceptors (Lipinski definition) is 2. The van der Waals surface area contributed by atoms with E-state index in [1.807, 2.05) is 0 Å². The van der Waals surface area contributed by atoms with Crippen molar-refractivity contribution in [2.45, 2.75) is 26.4 Å². The number of hydrogen-bond donors (Lipinski definition) is 1. The van der Waals surface area contributed by atoms with E-state index >= 15 is 0 Å². The summed E-state index contributed by atoms with van der Waals surface area (Å²) in [7, 11) is 0. The van der Waals surface area contributed by atoms with Crippen molar-refractivity contribution in [3.05, 3.63) is 35.4 Å². The maximum Gasteiger partial charge on any atom is 0.0434 e. The zero-order chi connectivity index (χ0) is 10.7. The Morgan fingerprint density at radius 3 is 2.40 bits per heavy atom. The van der Waals surface area contributed by atoms with Gasteiger partial charge in [0.25, 0.3) is 0 Å². The SMILES string of the molecule is CC(CCO)CN1Cc2ccccc2C1. The van der Waals surface area contributed by atoms with Crippen molar-refractivity contribution >= 4 is 0 Å². The van der Waals surface area contributed by atoms with Gasteiger partial charge in [-0.15, -0.1) is 0 Å². The van der Waals surface area contributed by atoms with Crippen molar-refractivity contribution < 1.29 is 5.11 Å². The second-order valence-corrected chi connectivity index (χ2v) is 4.56. The summed E-state index contributed by atoms with van der Waals surface area (Å²) in [6.45, 7) is 5.76. The molecule has 0 fully saturated rings. The number of nitrogens with zero attached hydrogens (tertiary/aromatic N) is 1. The van der Waals surface area contributed by atoms with Crippen molar-refractivity contribution in [1.29, 1.82) is 0 Å². The van der Waals surface area contributed by atoms with Gasteiger partial charge in [0.1, 0.15) is 0 Å². The van der Waals surface area contributed by atoms with Crippen molar-refractivity contribution in [3.63, 3.8) is 0 Å². The number of benzene rings is 1. The molecule has 1 N–H and O–H groups in total. The standard InChI is InChI=1S/C13H19NO/c1-11(6-7-15)8-14-9-12-4-2-3-5-13(12)10-14/h2-5,11,15H,6-10H2,1H3. The predicted molar refractivity (Wildman–Crippen MR) is 61.4 cm³/mol. The van der Waals surface area contributed by atoms with Crippen LogP contribution in [0.3, 0.4) is 0 Å². The van der Waals surface area contributed by atoms with E-state index < -0.39 is 0 Å². The van der Waals surface area contributed by atoms with Crippen LogP contribution in [0.5, 0.6) is 0 Å². The highest BCUT2D eigenvalue weighted by molar-refractivity contribution is 5.30. The number of fused-ring (bicyclic) bond motifs is 1. The third kappa shape index (κ3) is 2.58. The second-order valence-electron chi connectivity index (χ2n) is 4.56. The Morgan fingerprint density at radius 1 is 1.27 bits per heavy atom. The van der Waals surface area contributed by atoms with Crippen molar-refractivity contribution in [3.8, 4) is 0 Å². The quantitative estimate of drug-likeness (QED) is 0.813. The van der Waals surface area contributed by atoms with Crippen molar-refractivity contribution in [2.24, 2.45) is 5.92 Å². The monoisotopic (exact) mass is 205 g/mol. The molecule has 0 amide bonds. The molecule has 0 bridgehead atoms. The first-order valence-corrected chi connectivity index (χ1v) is 5.69. The van der Waals surface area contributed by atoms with Gasteiger partial charge in [0.15, 0.2) is 0 Å². The molecule has 1 aliphatic heterocycles. The third-order valence-electron chi connectivity index (χ3n) is 3.10. The van der Waals surface area contributed by atoms with Crippen LogP contribution >= 0.6 is 0 Å². The average Bonchev–Trinajstić information content (AvgIpc) is 2.59. The van der Waals surface area contributed by atoms with Crippen LogP contribution in [0.2, 0.25) is 0 Å². The van der Waals surface area contributed by atoms with E-state index in [4.69, 9.17) is 5.11 Å². The first-order chi connectivity index (χ1) is 7.29. The molecule has 2 heteroatoms. The molecule has 0 aromatic heterocycles. The van der Waals surface area contributed by atoms with Gasteiger partial charge in [-0.2, -0.15) is 0 Å². The molecule has 2 nitrogen and oxygen atoms in total. The Balaban J connectivity index is 1.90. The largest absolute Gasteiger partial charge is 0.396 e. The molecule has 1 atom stereocenters. The Hall–Kier alpha value is -0.860. The fourth-order valence-corrected chi connectivity index (χ4v) is 2.29. The molecule has 2 rings (SSSR count). The Bertz CT molecular complexity index is 299. The second kappa shape index (κ2) is 4.77. The molecule has 82 valence electrons. The van der Waals surface area contributed by atoms with E-state index in [1.54, 1.807) is 0 Å². The topological polar surface area (TPSA) is 23.5 Å². The molecular formula is C13H19NO. The van der Waals surface area contributed by atoms with Crippen molar-refractivity contribution in [1.82, 2.24) is 4.90 Å². The lowest BCUT2D eigenvalue weighted by molar-refractivity contribution is 0.204. The van der Waals surface area contributed by atoms with Gasteiger partial charge in [0.2, 0.25) is 0 Å². The highest BCUT2D eigenvalue weighted by Gasteiger charge is 2.19. The highest BCUT2D eigenvalue weighted by Crippen LogP contribution is 2.23. The zero-order valence-electron chi connectivity index (χ0n) is 9.32. The lowest BCUT2D eigenvalue weighted by atomic mass is 10.1. The maximum absolute atomic E-state index is 8.87. The molecule has 1 aliphatic rings. The van der Waals surface area contributed by atoms with Crippen LogP contribution in [0.4, 0.5) is 0 Å². The van der Waals surface area contributed by atoms with E-state index in [0.29, 0.717) is 12.5 Å². The molecule has 0 saturated heterocycles. The summed E-state index contributed by atoms with van der Waals surface area (Å²) in [5, 5.41) is 8.87. The number of rotatable bonds is 4. The minimum atomic E-state index is 0.307. The third-order valence-corrected chi connectivity index (χ3v) is 3.10. The zero-order valence-corrected chi connectivity index (χ0v) is 9.32. The predicted octanol–water partition coefficient (Wildman–Crippen LogP) is 2.02. The van der Waals surface area contributed by atoms with Crippen LogP contribution < -0.4 is 0 Å². The van der Waals surface area contributed by atoms with Gasteiger partial charge in [-0.3, -0.25) is 4.90 Å². The molecule has 0 radical (unpaired) electrons. The molecule has 1 heterocycles. The van der Waals surface area contributed by atoms with Gasteiger partial charge in [-0.05, 0) is 23.5 Å². The van der Waals surface area contributed by atoms with Gasteiger partial charge in [-0.25, -0.2) is 0 Å². The van der Waals surface area contributed by atoms with Crippen LogP contribution in [0.1, 0.15) is 24.5 Å². The van der Waals surface area contributed by atoms with E-state index in [1.165, 1.54) is 11.1 Å². The molecule has 15 heavy (non-hydrogen) atoms. The molecule has 0 aliphatic carbocycles.